The minimum atomic E-state index is -1.26. The van der Waals surface area contributed by atoms with Crippen molar-refractivity contribution in [3.05, 3.63) is 29.8 Å². The number of carboxylic acids is 5. The Morgan fingerprint density at radius 1 is 0.750 bits per heavy atom. The van der Waals surface area contributed by atoms with E-state index >= 15 is 0 Å². The number of anilines is 1. The Kier molecular flexibility index (Phi) is 14.6. The van der Waals surface area contributed by atoms with Crippen LogP contribution in [-0.2, 0) is 30.4 Å². The molecule has 0 heterocycles. The smallest absolute Gasteiger partial charge is 0.317 e. The van der Waals surface area contributed by atoms with Crippen molar-refractivity contribution in [3.63, 3.8) is 0 Å². The number of rotatable bonds is 19. The predicted octanol–water partition coefficient (Wildman–Crippen LogP) is 1.63. The van der Waals surface area contributed by atoms with Gasteiger partial charge in [-0.2, -0.15) is 0 Å². The lowest BCUT2D eigenvalue weighted by atomic mass is 9.87. The van der Waals surface area contributed by atoms with Crippen molar-refractivity contribution in [2.75, 3.05) is 44.6 Å². The average molecular weight is 639 g/mol. The maximum Gasteiger partial charge on any atom is 0.317 e. The molecule has 14 nitrogen and oxygen atoms in total. The number of hydrogen-bond donors (Lipinski definition) is 6. The van der Waals surface area contributed by atoms with Crippen LogP contribution in [0.1, 0.15) is 45.1 Å². The molecule has 0 aromatic heterocycles. The van der Waals surface area contributed by atoms with Gasteiger partial charge in [-0.1, -0.05) is 51.0 Å². The van der Waals surface area contributed by atoms with Crippen LogP contribution in [0.25, 0.3) is 0 Å². The zero-order chi connectivity index (χ0) is 33.0. The molecule has 0 spiro atoms. The molecule has 3 atom stereocenters. The maximum atomic E-state index is 12.1. The Morgan fingerprint density at radius 2 is 1.18 bits per heavy atom. The molecule has 44 heavy (non-hydrogen) atoms. The molecule has 1 saturated carbocycles. The molecule has 1 aliphatic rings. The Morgan fingerprint density at radius 3 is 1.61 bits per heavy atom. The summed E-state index contributed by atoms with van der Waals surface area (Å²) in [6.45, 7) is 1.03. The van der Waals surface area contributed by atoms with Crippen molar-refractivity contribution < 1.29 is 49.5 Å². The van der Waals surface area contributed by atoms with Gasteiger partial charge in [-0.15, -0.1) is 0 Å². The first kappa shape index (κ1) is 36.5. The SMILES string of the molecule is CC(C)C(=S)Nc1ccc(C[C@H](CN(CC(=O)O)[C@H]2CCCC[C@@H]2N(CC(=O)O)CC(=O)O)N(CC(=O)O)CC(=O)O)cc1. The van der Waals surface area contributed by atoms with Crippen LogP contribution < -0.4 is 5.32 Å². The first-order valence-electron chi connectivity index (χ1n) is 14.4. The van der Waals surface area contributed by atoms with Gasteiger partial charge in [0.05, 0.1) is 37.7 Å². The fraction of sp³-hybridized carbons (Fsp3) is 0.586. The molecular formula is C29H42N4O10S. The van der Waals surface area contributed by atoms with E-state index in [0.29, 0.717) is 30.7 Å². The molecule has 244 valence electrons. The van der Waals surface area contributed by atoms with Crippen LogP contribution in [0.5, 0.6) is 0 Å². The molecule has 1 aromatic carbocycles. The van der Waals surface area contributed by atoms with E-state index in [1.54, 1.807) is 29.2 Å². The molecule has 1 fully saturated rings. The van der Waals surface area contributed by atoms with Crippen LogP contribution in [0.3, 0.4) is 0 Å². The summed E-state index contributed by atoms with van der Waals surface area (Å²) in [6.07, 6.45) is 2.45. The van der Waals surface area contributed by atoms with Gasteiger partial charge in [0.1, 0.15) is 0 Å². The second-order valence-electron chi connectivity index (χ2n) is 11.3. The normalized spacial score (nSPS) is 17.5. The summed E-state index contributed by atoms with van der Waals surface area (Å²) in [4.78, 5) is 63.7. The van der Waals surface area contributed by atoms with Crippen LogP contribution in [0.4, 0.5) is 5.69 Å². The lowest BCUT2D eigenvalue weighted by molar-refractivity contribution is -0.146. The van der Waals surface area contributed by atoms with Crippen LogP contribution in [0.2, 0.25) is 0 Å². The molecule has 2 rings (SSSR count). The van der Waals surface area contributed by atoms with Gasteiger partial charge in [-0.25, -0.2) is 0 Å². The molecule has 0 bridgehead atoms. The van der Waals surface area contributed by atoms with Crippen LogP contribution >= 0.6 is 12.2 Å². The van der Waals surface area contributed by atoms with Crippen molar-refractivity contribution in [2.24, 2.45) is 5.92 Å². The number of aliphatic carboxylic acids is 5. The topological polar surface area (TPSA) is 208 Å². The Balaban J connectivity index is 2.49. The summed E-state index contributed by atoms with van der Waals surface area (Å²) in [5.41, 5.74) is 1.48. The second kappa shape index (κ2) is 17.6. The number of nitrogens with one attached hydrogen (secondary N) is 1. The highest BCUT2D eigenvalue weighted by molar-refractivity contribution is 7.80. The van der Waals surface area contributed by atoms with Crippen molar-refractivity contribution in [1.82, 2.24) is 14.7 Å². The Bertz CT molecular complexity index is 1150. The number of carboxylic acid groups (broad SMARTS) is 5. The van der Waals surface area contributed by atoms with Crippen molar-refractivity contribution in [2.45, 2.75) is 64.1 Å². The molecule has 1 aromatic rings. The third-order valence-corrected chi connectivity index (χ3v) is 8.08. The Hall–Kier alpha value is -3.66. The highest BCUT2D eigenvalue weighted by Gasteiger charge is 2.38. The van der Waals surface area contributed by atoms with E-state index in [1.807, 2.05) is 13.8 Å². The van der Waals surface area contributed by atoms with Crippen LogP contribution in [-0.4, -0.2) is 132 Å². The van der Waals surface area contributed by atoms with Crippen LogP contribution in [0.15, 0.2) is 24.3 Å². The number of carbonyl (C=O) groups is 5. The average Bonchev–Trinajstić information content (AvgIpc) is 2.91. The van der Waals surface area contributed by atoms with Gasteiger partial charge in [-0.3, -0.25) is 38.7 Å². The number of benzene rings is 1. The van der Waals surface area contributed by atoms with E-state index in [4.69, 9.17) is 12.2 Å². The molecular weight excluding hydrogens is 596 g/mol. The molecule has 0 unspecified atom stereocenters. The van der Waals surface area contributed by atoms with Gasteiger partial charge < -0.3 is 30.8 Å². The summed E-state index contributed by atoms with van der Waals surface area (Å²) < 4.78 is 0. The molecule has 15 heteroatoms. The molecule has 0 amide bonds. The number of nitrogens with zero attached hydrogens (tertiary/aromatic N) is 3. The van der Waals surface area contributed by atoms with Gasteiger partial charge in [-0.05, 0) is 37.0 Å². The zero-order valence-corrected chi connectivity index (χ0v) is 25.7. The quantitative estimate of drug-likeness (QED) is 0.119. The number of hydrogen-bond acceptors (Lipinski definition) is 9. The highest BCUT2D eigenvalue weighted by Crippen LogP contribution is 2.28. The lowest BCUT2D eigenvalue weighted by Crippen LogP contribution is -2.59. The predicted molar refractivity (Wildman–Crippen MR) is 164 cm³/mol. The van der Waals surface area contributed by atoms with Gasteiger partial charge in [0.25, 0.3) is 0 Å². The fourth-order valence-electron chi connectivity index (χ4n) is 5.60. The first-order chi connectivity index (χ1) is 20.7. The van der Waals surface area contributed by atoms with Gasteiger partial charge in [0.15, 0.2) is 0 Å². The van der Waals surface area contributed by atoms with E-state index < -0.39 is 80.7 Å². The van der Waals surface area contributed by atoms with Gasteiger partial charge in [0, 0.05) is 36.3 Å². The van der Waals surface area contributed by atoms with Crippen molar-refractivity contribution >= 4 is 52.7 Å². The molecule has 0 aliphatic heterocycles. The van der Waals surface area contributed by atoms with Gasteiger partial charge >= 0.3 is 29.8 Å². The standard InChI is InChI=1S/C29H42N4O10S/c1-18(2)29(44)30-20-9-7-19(8-10-20)11-21(31(13-24(34)35)14-25(36)37)12-32(15-26(38)39)22-5-3-4-6-23(22)33(16-27(40)41)17-28(42)43/h7-10,18,21-23H,3-6,11-17H2,1-2H3,(H,30,44)(H,34,35)(H,36,37)(H,38,39)(H,40,41)(H,42,43)/t21-,22+,23+/m1/s1. The van der Waals surface area contributed by atoms with E-state index in [2.05, 4.69) is 5.32 Å². The summed E-state index contributed by atoms with van der Waals surface area (Å²) >= 11 is 5.34. The third kappa shape index (κ3) is 12.5. The molecule has 0 saturated heterocycles. The molecule has 0 radical (unpaired) electrons. The first-order valence-corrected chi connectivity index (χ1v) is 14.8. The largest absolute Gasteiger partial charge is 0.480 e. The van der Waals surface area contributed by atoms with E-state index in [-0.39, 0.29) is 18.9 Å². The molecule has 6 N–H and O–H groups in total. The third-order valence-electron chi connectivity index (χ3n) is 7.50. The van der Waals surface area contributed by atoms with Crippen molar-refractivity contribution in [3.8, 4) is 0 Å². The van der Waals surface area contributed by atoms with Gasteiger partial charge in [0.2, 0.25) is 0 Å². The highest BCUT2D eigenvalue weighted by atomic mass is 32.1. The summed E-state index contributed by atoms with van der Waals surface area (Å²) in [5, 5.41) is 51.1. The lowest BCUT2D eigenvalue weighted by Gasteiger charge is -2.45. The maximum absolute atomic E-state index is 12.1. The zero-order valence-electron chi connectivity index (χ0n) is 24.9. The van der Waals surface area contributed by atoms with E-state index in [0.717, 1.165) is 11.3 Å². The minimum Gasteiger partial charge on any atom is -0.480 e. The second-order valence-corrected chi connectivity index (χ2v) is 11.8. The number of thiocarbonyl (C=S) groups is 1. The van der Waals surface area contributed by atoms with Crippen molar-refractivity contribution in [1.29, 1.82) is 0 Å². The summed E-state index contributed by atoms with van der Waals surface area (Å²) in [6, 6.07) is 5.24. The van der Waals surface area contributed by atoms with E-state index in [1.165, 1.54) is 9.80 Å². The fourth-order valence-corrected chi connectivity index (χ4v) is 5.71. The Labute approximate surface area is 261 Å². The summed E-state index contributed by atoms with van der Waals surface area (Å²) in [7, 11) is 0. The minimum absolute atomic E-state index is 0.0561. The monoisotopic (exact) mass is 638 g/mol. The molecule has 1 aliphatic carbocycles. The van der Waals surface area contributed by atoms with Crippen LogP contribution in [0, 0.1) is 5.92 Å². The summed E-state index contributed by atoms with van der Waals surface area (Å²) in [5.74, 6) is -6.02. The van der Waals surface area contributed by atoms with E-state index in [9.17, 15) is 49.5 Å².